The second-order valence-corrected chi connectivity index (χ2v) is 12.7. The van der Waals surface area contributed by atoms with Gasteiger partial charge in [0.05, 0.1) is 9.79 Å². The van der Waals surface area contributed by atoms with E-state index in [4.69, 9.17) is 0 Å². The van der Waals surface area contributed by atoms with Crippen LogP contribution in [0.5, 0.6) is 0 Å². The Bertz CT molecular complexity index is 1220. The topological polar surface area (TPSA) is 74.6 Å². The van der Waals surface area contributed by atoms with Gasteiger partial charge in [0.15, 0.2) is 22.2 Å². The van der Waals surface area contributed by atoms with Gasteiger partial charge in [-0.3, -0.25) is 0 Å². The quantitative estimate of drug-likeness (QED) is 0.179. The molecule has 0 aliphatic heterocycles. The molecule has 0 radical (unpaired) electrons. The van der Waals surface area contributed by atoms with Crippen molar-refractivity contribution in [2.45, 2.75) is 19.6 Å². The molecular formula is C24H18O4S5. The molecule has 2 N–H and O–H groups in total. The Hall–Kier alpha value is -1.85. The first kappa shape index (κ1) is 24.3. The Morgan fingerprint density at radius 2 is 0.970 bits per heavy atom. The summed E-state index contributed by atoms with van der Waals surface area (Å²) in [5, 5.41) is 0. The Kier molecular flexibility index (Phi) is 8.48. The zero-order valence-corrected chi connectivity index (χ0v) is 21.1. The fourth-order valence-electron chi connectivity index (χ4n) is 3.24. The van der Waals surface area contributed by atoms with Crippen LogP contribution in [-0.2, 0) is 22.2 Å². The highest BCUT2D eigenvalue weighted by Crippen LogP contribution is 2.45. The molecule has 0 saturated heterocycles. The van der Waals surface area contributed by atoms with E-state index in [0.717, 1.165) is 32.0 Å². The van der Waals surface area contributed by atoms with Crippen LogP contribution in [0.15, 0.2) is 117 Å². The van der Waals surface area contributed by atoms with Gasteiger partial charge in [0.25, 0.3) is 0 Å². The fraction of sp³-hybridized carbons (Fsp3) is 0. The predicted molar refractivity (Wildman–Crippen MR) is 141 cm³/mol. The van der Waals surface area contributed by atoms with Crippen LogP contribution in [0.3, 0.4) is 0 Å². The minimum Gasteiger partial charge on any atom is -0.302 e. The van der Waals surface area contributed by atoms with Crippen molar-refractivity contribution in [3.05, 3.63) is 97.1 Å². The van der Waals surface area contributed by atoms with Crippen molar-refractivity contribution >= 4 is 53.6 Å². The van der Waals surface area contributed by atoms with Gasteiger partial charge in [0.2, 0.25) is 0 Å². The molecule has 0 bridgehead atoms. The monoisotopic (exact) mass is 530 g/mol. The summed E-state index contributed by atoms with van der Waals surface area (Å²) in [6, 6.07) is 30.0. The first-order valence-electron chi connectivity index (χ1n) is 9.65. The Morgan fingerprint density at radius 1 is 0.545 bits per heavy atom. The van der Waals surface area contributed by atoms with Gasteiger partial charge >= 0.3 is 0 Å². The highest BCUT2D eigenvalue weighted by molar-refractivity contribution is 9.09. The largest absolute Gasteiger partial charge is 0.302 e. The maximum atomic E-state index is 11.7. The number of hydrogen-bond acceptors (Lipinski definition) is 5. The Morgan fingerprint density at radius 3 is 1.39 bits per heavy atom. The van der Waals surface area contributed by atoms with Crippen molar-refractivity contribution in [3.63, 3.8) is 0 Å². The van der Waals surface area contributed by atoms with Crippen LogP contribution in [0.2, 0.25) is 0 Å². The first-order valence-corrected chi connectivity index (χ1v) is 15.3. The molecule has 0 fully saturated rings. The lowest BCUT2D eigenvalue weighted by molar-refractivity contribution is 0.563. The molecule has 33 heavy (non-hydrogen) atoms. The zero-order valence-electron chi connectivity index (χ0n) is 17.0. The van der Waals surface area contributed by atoms with Crippen molar-refractivity contribution < 1.29 is 17.5 Å². The third-order valence-corrected chi connectivity index (χ3v) is 9.98. The molecule has 4 aromatic carbocycles. The van der Waals surface area contributed by atoms with Crippen LogP contribution in [-0.4, -0.2) is 17.5 Å². The Labute approximate surface area is 209 Å². The van der Waals surface area contributed by atoms with Crippen molar-refractivity contribution in [1.29, 1.82) is 0 Å². The van der Waals surface area contributed by atoms with Gasteiger partial charge in [0.1, 0.15) is 0 Å². The summed E-state index contributed by atoms with van der Waals surface area (Å²) in [6.07, 6.45) is 0. The van der Waals surface area contributed by atoms with Crippen molar-refractivity contribution in [3.8, 4) is 22.3 Å². The van der Waals surface area contributed by atoms with Crippen LogP contribution in [0.25, 0.3) is 22.3 Å². The molecule has 4 rings (SSSR count). The minimum absolute atomic E-state index is 0.391. The maximum absolute atomic E-state index is 11.7. The smallest absolute Gasteiger partial charge is 0.187 e. The summed E-state index contributed by atoms with van der Waals surface area (Å²) in [4.78, 5) is 2.84. The average molecular weight is 531 g/mol. The summed E-state index contributed by atoms with van der Waals surface area (Å²) in [6.45, 7) is 0. The molecule has 0 aromatic heterocycles. The molecule has 0 amide bonds. The lowest BCUT2D eigenvalue weighted by Gasteiger charge is -2.09. The van der Waals surface area contributed by atoms with E-state index in [-0.39, 0.29) is 0 Å². The molecule has 168 valence electrons. The standard InChI is InChI=1S/C24H18O4S5/c25-32(26)23-13-3-1-11-21(23)17-7-5-9-19(15-17)29-31-30-20-10-6-8-18(16-20)22-12-2-4-14-24(22)33(27)28/h1-16H,(H,25,26)(H,27,28). The molecule has 0 aliphatic carbocycles. The van der Waals surface area contributed by atoms with Gasteiger partial charge in [-0.1, -0.05) is 60.7 Å². The lowest BCUT2D eigenvalue weighted by atomic mass is 10.1. The van der Waals surface area contributed by atoms with E-state index in [2.05, 4.69) is 0 Å². The van der Waals surface area contributed by atoms with Gasteiger partial charge in [-0.05, 0) is 78.9 Å². The summed E-state index contributed by atoms with van der Waals surface area (Å²) in [5.41, 5.74) is 3.26. The number of rotatable bonds is 8. The molecule has 0 heterocycles. The molecule has 0 saturated carbocycles. The summed E-state index contributed by atoms with van der Waals surface area (Å²) >= 11 is -4.10. The summed E-state index contributed by atoms with van der Waals surface area (Å²) in [7, 11) is 4.80. The summed E-state index contributed by atoms with van der Waals surface area (Å²) in [5.74, 6) is 0. The lowest BCUT2D eigenvalue weighted by Crippen LogP contribution is -1.92. The normalized spacial score (nSPS) is 12.9. The van der Waals surface area contributed by atoms with Gasteiger partial charge < -0.3 is 9.11 Å². The molecular weight excluding hydrogens is 513 g/mol. The number of hydrogen-bond donors (Lipinski definition) is 2. The second kappa shape index (κ2) is 11.5. The van der Waals surface area contributed by atoms with Crippen LogP contribution in [0.4, 0.5) is 0 Å². The first-order chi connectivity index (χ1) is 16.0. The average Bonchev–Trinajstić information content (AvgIpc) is 2.84. The van der Waals surface area contributed by atoms with Crippen LogP contribution < -0.4 is 0 Å². The van der Waals surface area contributed by atoms with E-state index in [9.17, 15) is 17.5 Å². The molecule has 2 unspecified atom stereocenters. The molecule has 2 atom stereocenters. The van der Waals surface area contributed by atoms with Gasteiger partial charge in [-0.25, -0.2) is 8.42 Å². The molecule has 9 heteroatoms. The third-order valence-electron chi connectivity index (χ3n) is 4.70. The fourth-order valence-corrected chi connectivity index (χ4v) is 8.10. The maximum Gasteiger partial charge on any atom is 0.187 e. The SMILES string of the molecule is O=S(O)c1ccccc1-c1cccc(SSSc2cccc(-c3ccccc3S(=O)O)c2)c1. The molecule has 4 nitrogen and oxygen atoms in total. The molecule has 0 spiro atoms. The van der Waals surface area contributed by atoms with E-state index in [1.807, 2.05) is 72.8 Å². The van der Waals surface area contributed by atoms with Gasteiger partial charge in [-0.2, -0.15) is 0 Å². The van der Waals surface area contributed by atoms with Gasteiger partial charge in [-0.15, -0.1) is 0 Å². The predicted octanol–water partition coefficient (Wildman–Crippen LogP) is 7.63. The second-order valence-electron chi connectivity index (χ2n) is 6.78. The minimum atomic E-state index is -2.05. The highest BCUT2D eigenvalue weighted by atomic mass is 33.5. The van der Waals surface area contributed by atoms with Crippen molar-refractivity contribution in [2.24, 2.45) is 0 Å². The van der Waals surface area contributed by atoms with E-state index in [0.29, 0.717) is 9.79 Å². The van der Waals surface area contributed by atoms with Gasteiger partial charge in [0, 0.05) is 20.9 Å². The van der Waals surface area contributed by atoms with E-state index in [1.165, 1.54) is 0 Å². The van der Waals surface area contributed by atoms with E-state index >= 15 is 0 Å². The zero-order chi connectivity index (χ0) is 23.2. The van der Waals surface area contributed by atoms with Crippen LogP contribution in [0.1, 0.15) is 0 Å². The van der Waals surface area contributed by atoms with E-state index < -0.39 is 22.2 Å². The van der Waals surface area contributed by atoms with E-state index in [1.54, 1.807) is 55.7 Å². The number of benzene rings is 4. The van der Waals surface area contributed by atoms with Crippen molar-refractivity contribution in [1.82, 2.24) is 0 Å². The Balaban J connectivity index is 1.47. The molecule has 4 aromatic rings. The van der Waals surface area contributed by atoms with Crippen LogP contribution in [0, 0.1) is 0 Å². The van der Waals surface area contributed by atoms with Crippen molar-refractivity contribution in [2.75, 3.05) is 0 Å². The highest BCUT2D eigenvalue weighted by Gasteiger charge is 2.11. The van der Waals surface area contributed by atoms with Crippen LogP contribution >= 0.6 is 31.4 Å². The molecule has 0 aliphatic rings. The summed E-state index contributed by atoms with van der Waals surface area (Å²) < 4.78 is 42.5. The third kappa shape index (κ3) is 6.19.